The molecule has 1 aromatic carbocycles. The molecule has 0 saturated carbocycles. The van der Waals surface area contributed by atoms with Crippen LogP contribution in [0.3, 0.4) is 0 Å². The fraction of sp³-hybridized carbons (Fsp3) is 0.389. The van der Waals surface area contributed by atoms with E-state index in [2.05, 4.69) is 0 Å². The number of thioether (sulfide) groups is 1. The van der Waals surface area contributed by atoms with Gasteiger partial charge in [-0.05, 0) is 24.6 Å². The van der Waals surface area contributed by atoms with Crippen LogP contribution in [-0.4, -0.2) is 46.5 Å². The molecule has 0 aliphatic carbocycles. The Balaban J connectivity index is 2.33. The van der Waals surface area contributed by atoms with Crippen molar-refractivity contribution in [3.63, 3.8) is 0 Å². The summed E-state index contributed by atoms with van der Waals surface area (Å²) < 4.78 is 10.8. The Bertz CT molecular complexity index is 747. The molecule has 1 N–H and O–H groups in total. The lowest BCUT2D eigenvalue weighted by Gasteiger charge is -2.22. The molecule has 8 heteroatoms. The molecule has 2 rings (SSSR count). The Hall–Kier alpha value is -2.06. The molecule has 140 valence electrons. The van der Waals surface area contributed by atoms with Crippen molar-refractivity contribution in [2.75, 3.05) is 14.2 Å². The number of amides is 1. The summed E-state index contributed by atoms with van der Waals surface area (Å²) in [5.74, 6) is -0.244. The quantitative estimate of drug-likeness (QED) is 0.533. The molecule has 1 unspecified atom stereocenters. The second kappa shape index (κ2) is 9.05. The first kappa shape index (κ1) is 20.3. The Morgan fingerprint density at radius 3 is 2.69 bits per heavy atom. The van der Waals surface area contributed by atoms with E-state index in [0.29, 0.717) is 34.8 Å². The summed E-state index contributed by atoms with van der Waals surface area (Å²) in [5, 5.41) is 9.50. The first-order valence-electron chi connectivity index (χ1n) is 8.14. The predicted molar refractivity (Wildman–Crippen MR) is 106 cm³/mol. The third kappa shape index (κ3) is 4.37. The number of aliphatic carboxylic acids is 1. The molecule has 0 aromatic heterocycles. The van der Waals surface area contributed by atoms with Gasteiger partial charge in [-0.15, -0.1) is 0 Å². The first-order valence-corrected chi connectivity index (χ1v) is 9.37. The van der Waals surface area contributed by atoms with Gasteiger partial charge in [0.15, 0.2) is 0 Å². The number of thiocarbonyl (C=S) groups is 1. The maximum absolute atomic E-state index is 12.8. The molecule has 6 nitrogen and oxygen atoms in total. The number of carboxylic acids is 1. The van der Waals surface area contributed by atoms with Crippen LogP contribution in [-0.2, 0) is 9.59 Å². The van der Waals surface area contributed by atoms with Crippen molar-refractivity contribution in [1.82, 2.24) is 4.90 Å². The minimum atomic E-state index is -1.04. The molecule has 1 aromatic rings. The summed E-state index contributed by atoms with van der Waals surface area (Å²) in [6.07, 6.45) is 3.59. The van der Waals surface area contributed by atoms with Gasteiger partial charge in [0, 0.05) is 11.6 Å². The third-order valence-corrected chi connectivity index (χ3v) is 5.31. The van der Waals surface area contributed by atoms with Crippen LogP contribution in [0.15, 0.2) is 23.1 Å². The van der Waals surface area contributed by atoms with Crippen LogP contribution in [0.25, 0.3) is 6.08 Å². The fourth-order valence-electron chi connectivity index (χ4n) is 2.59. The lowest BCUT2D eigenvalue weighted by atomic mass is 10.1. The van der Waals surface area contributed by atoms with E-state index < -0.39 is 12.0 Å². The molecule has 1 fully saturated rings. The van der Waals surface area contributed by atoms with Crippen LogP contribution in [0, 0.1) is 0 Å². The summed E-state index contributed by atoms with van der Waals surface area (Å²) in [6.45, 7) is 1.97. The van der Waals surface area contributed by atoms with Crippen molar-refractivity contribution in [3.8, 4) is 11.5 Å². The predicted octanol–water partition coefficient (Wildman–Crippen LogP) is 3.55. The number of nitrogens with zero attached hydrogens (tertiary/aromatic N) is 1. The highest BCUT2D eigenvalue weighted by Crippen LogP contribution is 2.37. The molecule has 1 aliphatic rings. The van der Waals surface area contributed by atoms with Gasteiger partial charge < -0.3 is 14.6 Å². The monoisotopic (exact) mass is 395 g/mol. The normalized spacial score (nSPS) is 16.9. The van der Waals surface area contributed by atoms with Crippen LogP contribution < -0.4 is 9.47 Å². The van der Waals surface area contributed by atoms with Gasteiger partial charge in [-0.2, -0.15) is 0 Å². The lowest BCUT2D eigenvalue weighted by Crippen LogP contribution is -2.43. The summed E-state index contributed by atoms with van der Waals surface area (Å²) in [7, 11) is 3.09. The van der Waals surface area contributed by atoms with E-state index in [1.165, 1.54) is 12.0 Å². The number of carbonyl (C=O) groups excluding carboxylic acids is 1. The smallest absolute Gasteiger partial charge is 0.326 e. The fourth-order valence-corrected chi connectivity index (χ4v) is 3.94. The minimum absolute atomic E-state index is 0.261. The minimum Gasteiger partial charge on any atom is -0.497 e. The van der Waals surface area contributed by atoms with E-state index in [1.807, 2.05) is 6.92 Å². The standard InChI is InChI=1S/C18H21NO5S2/c1-4-5-6-13(17(21)22)19-16(20)15(26-18(19)25)9-11-7-8-12(23-2)10-14(11)24-3/h7-10,13H,4-6H2,1-3H3,(H,21,22)/b15-9-. The topological polar surface area (TPSA) is 76.1 Å². The van der Waals surface area contributed by atoms with Crippen molar-refractivity contribution in [3.05, 3.63) is 28.7 Å². The number of hydrogen-bond donors (Lipinski definition) is 1. The molecular weight excluding hydrogens is 374 g/mol. The summed E-state index contributed by atoms with van der Waals surface area (Å²) in [4.78, 5) is 26.0. The average Bonchev–Trinajstić information content (AvgIpc) is 2.89. The van der Waals surface area contributed by atoms with Crippen molar-refractivity contribution >= 4 is 46.3 Å². The lowest BCUT2D eigenvalue weighted by molar-refractivity contribution is -0.145. The SMILES string of the molecule is CCCCC(C(=O)O)N1C(=O)/C(=C/c2ccc(OC)cc2OC)SC1=S. The highest BCUT2D eigenvalue weighted by molar-refractivity contribution is 8.26. The summed E-state index contributed by atoms with van der Waals surface area (Å²) in [6, 6.07) is 4.31. The molecule has 1 amide bonds. The summed E-state index contributed by atoms with van der Waals surface area (Å²) in [5.41, 5.74) is 0.689. The van der Waals surface area contributed by atoms with E-state index in [0.717, 1.165) is 18.2 Å². The number of carbonyl (C=O) groups is 2. The van der Waals surface area contributed by atoms with E-state index in [1.54, 1.807) is 31.4 Å². The molecule has 1 heterocycles. The van der Waals surface area contributed by atoms with Gasteiger partial charge in [-0.25, -0.2) is 4.79 Å². The van der Waals surface area contributed by atoms with Crippen LogP contribution in [0.4, 0.5) is 0 Å². The molecule has 0 spiro atoms. The molecular formula is C18H21NO5S2. The Morgan fingerprint density at radius 2 is 2.12 bits per heavy atom. The highest BCUT2D eigenvalue weighted by atomic mass is 32.2. The Morgan fingerprint density at radius 1 is 1.38 bits per heavy atom. The number of unbranched alkanes of at least 4 members (excludes halogenated alkanes) is 1. The van der Waals surface area contributed by atoms with E-state index >= 15 is 0 Å². The second-order valence-electron chi connectivity index (χ2n) is 5.66. The Labute approximate surface area is 162 Å². The number of carboxylic acid groups (broad SMARTS) is 1. The molecule has 0 radical (unpaired) electrons. The molecule has 1 saturated heterocycles. The summed E-state index contributed by atoms with van der Waals surface area (Å²) >= 11 is 6.37. The van der Waals surface area contributed by atoms with Gasteiger partial charge in [-0.1, -0.05) is 43.7 Å². The van der Waals surface area contributed by atoms with Crippen LogP contribution in [0.1, 0.15) is 31.7 Å². The van der Waals surface area contributed by atoms with Gasteiger partial charge in [0.25, 0.3) is 5.91 Å². The van der Waals surface area contributed by atoms with Crippen LogP contribution in [0.2, 0.25) is 0 Å². The van der Waals surface area contributed by atoms with E-state index in [9.17, 15) is 14.7 Å². The van der Waals surface area contributed by atoms with Crippen molar-refractivity contribution in [2.45, 2.75) is 32.2 Å². The molecule has 1 aliphatic heterocycles. The number of rotatable bonds is 8. The number of hydrogen-bond acceptors (Lipinski definition) is 6. The first-order chi connectivity index (χ1) is 12.4. The van der Waals surface area contributed by atoms with Crippen LogP contribution >= 0.6 is 24.0 Å². The number of benzene rings is 1. The van der Waals surface area contributed by atoms with Gasteiger partial charge in [0.1, 0.15) is 21.9 Å². The molecule has 26 heavy (non-hydrogen) atoms. The third-order valence-electron chi connectivity index (χ3n) is 3.98. The van der Waals surface area contributed by atoms with Crippen molar-refractivity contribution in [2.24, 2.45) is 0 Å². The second-order valence-corrected chi connectivity index (χ2v) is 7.33. The maximum atomic E-state index is 12.8. The van der Waals surface area contributed by atoms with E-state index in [-0.39, 0.29) is 10.2 Å². The van der Waals surface area contributed by atoms with Crippen LogP contribution in [0.5, 0.6) is 11.5 Å². The van der Waals surface area contributed by atoms with E-state index in [4.69, 9.17) is 21.7 Å². The highest BCUT2D eigenvalue weighted by Gasteiger charge is 2.40. The zero-order valence-electron chi connectivity index (χ0n) is 14.9. The zero-order valence-corrected chi connectivity index (χ0v) is 16.5. The van der Waals surface area contributed by atoms with Gasteiger partial charge >= 0.3 is 5.97 Å². The van der Waals surface area contributed by atoms with Gasteiger partial charge in [0.2, 0.25) is 0 Å². The number of methoxy groups -OCH3 is 2. The molecule has 0 bridgehead atoms. The Kier molecular flexibility index (Phi) is 7.05. The zero-order chi connectivity index (χ0) is 19.3. The van der Waals surface area contributed by atoms with Gasteiger partial charge in [0.05, 0.1) is 19.1 Å². The number of ether oxygens (including phenoxy) is 2. The van der Waals surface area contributed by atoms with Crippen molar-refractivity contribution in [1.29, 1.82) is 0 Å². The molecule has 1 atom stereocenters. The van der Waals surface area contributed by atoms with Gasteiger partial charge in [-0.3, -0.25) is 9.69 Å². The largest absolute Gasteiger partial charge is 0.497 e. The van der Waals surface area contributed by atoms with Crippen molar-refractivity contribution < 1.29 is 24.2 Å². The average molecular weight is 396 g/mol. The maximum Gasteiger partial charge on any atom is 0.326 e.